The van der Waals surface area contributed by atoms with Crippen molar-refractivity contribution in [2.24, 2.45) is 0 Å². The van der Waals surface area contributed by atoms with Crippen molar-refractivity contribution in [2.75, 3.05) is 13.2 Å². The normalized spacial score (nSPS) is 13.7. The Kier molecular flexibility index (Phi) is 25.3. The van der Waals surface area contributed by atoms with Gasteiger partial charge < -0.3 is 19.7 Å². The van der Waals surface area contributed by atoms with E-state index in [-0.39, 0.29) is 31.3 Å². The summed E-state index contributed by atoms with van der Waals surface area (Å²) in [6.07, 6.45) is 29.0. The van der Waals surface area contributed by atoms with Gasteiger partial charge in [-0.25, -0.2) is 0 Å². The molecule has 0 fully saturated rings. The third-order valence-electron chi connectivity index (χ3n) is 5.64. The number of aliphatic hydroxyl groups excluding tert-OH is 2. The highest BCUT2D eigenvalue weighted by molar-refractivity contribution is 5.70. The number of carbonyl (C=O) groups excluding carboxylic acids is 2. The van der Waals surface area contributed by atoms with Crippen LogP contribution in [0.1, 0.15) is 110 Å². The first-order valence-electron chi connectivity index (χ1n) is 14.2. The topological polar surface area (TPSA) is 93.1 Å². The quantitative estimate of drug-likeness (QED) is 0.0816. The lowest BCUT2D eigenvalue weighted by atomic mass is 10.1. The van der Waals surface area contributed by atoms with Gasteiger partial charge in [-0.3, -0.25) is 9.59 Å². The van der Waals surface area contributed by atoms with E-state index < -0.39 is 6.10 Å². The minimum Gasteiger partial charge on any atom is -0.462 e. The Balaban J connectivity index is 3.74. The monoisotopic (exact) mass is 520 g/mol. The van der Waals surface area contributed by atoms with Crippen molar-refractivity contribution < 1.29 is 29.3 Å². The molecule has 37 heavy (non-hydrogen) atoms. The van der Waals surface area contributed by atoms with Gasteiger partial charge in [0.2, 0.25) is 0 Å². The van der Waals surface area contributed by atoms with Gasteiger partial charge in [-0.15, -0.1) is 0 Å². The smallest absolute Gasteiger partial charge is 0.306 e. The van der Waals surface area contributed by atoms with E-state index in [1.807, 2.05) is 6.92 Å². The fraction of sp³-hybridized carbons (Fsp3) is 0.677. The number of carbonyl (C=O) groups is 2. The Morgan fingerprint density at radius 3 is 1.84 bits per heavy atom. The first-order chi connectivity index (χ1) is 18.0. The summed E-state index contributed by atoms with van der Waals surface area (Å²) >= 11 is 0. The fourth-order valence-electron chi connectivity index (χ4n) is 3.44. The molecule has 0 heterocycles. The van der Waals surface area contributed by atoms with Gasteiger partial charge in [0.05, 0.1) is 12.7 Å². The van der Waals surface area contributed by atoms with Crippen molar-refractivity contribution in [1.29, 1.82) is 0 Å². The maximum absolute atomic E-state index is 11.9. The Labute approximate surface area is 225 Å². The molecule has 0 aromatic rings. The van der Waals surface area contributed by atoms with Gasteiger partial charge in [0.15, 0.2) is 6.10 Å². The predicted octanol–water partition coefficient (Wildman–Crippen LogP) is 6.91. The molecule has 0 rings (SSSR count). The largest absolute Gasteiger partial charge is 0.462 e. The second-order valence-corrected chi connectivity index (χ2v) is 9.41. The molecule has 6 nitrogen and oxygen atoms in total. The highest BCUT2D eigenvalue weighted by Gasteiger charge is 2.15. The standard InChI is InChI=1S/C31H52O6/c1-3-4-5-17-22-25-31(35)37-29(26-32)27-36-30(34)24-21-19-16-14-12-10-8-6-7-9-11-13-15-18-20-23-28(2)33/h7-10,13-16,28-29,32-33H,3-6,11-12,17-27H2,1-2H3/b9-7-,10-8-,15-13-,16-14-/t28-,29+/m1/s1. The summed E-state index contributed by atoms with van der Waals surface area (Å²) in [4.78, 5) is 23.7. The molecule has 0 amide bonds. The zero-order chi connectivity index (χ0) is 27.4. The van der Waals surface area contributed by atoms with E-state index in [1.165, 1.54) is 6.42 Å². The molecule has 0 saturated carbocycles. The van der Waals surface area contributed by atoms with Crippen molar-refractivity contribution in [3.8, 4) is 0 Å². The van der Waals surface area contributed by atoms with Gasteiger partial charge in [0.25, 0.3) is 0 Å². The van der Waals surface area contributed by atoms with Crippen LogP contribution in [0.3, 0.4) is 0 Å². The molecular formula is C31H52O6. The number of hydrogen-bond acceptors (Lipinski definition) is 6. The minimum atomic E-state index is -0.795. The molecule has 2 atom stereocenters. The van der Waals surface area contributed by atoms with Crippen LogP contribution in [0.25, 0.3) is 0 Å². The highest BCUT2D eigenvalue weighted by atomic mass is 16.6. The van der Waals surface area contributed by atoms with Gasteiger partial charge in [0, 0.05) is 12.8 Å². The molecule has 0 radical (unpaired) electrons. The van der Waals surface area contributed by atoms with E-state index in [9.17, 15) is 19.8 Å². The molecule has 0 aromatic carbocycles. The molecule has 0 aliphatic carbocycles. The Bertz CT molecular complexity index is 663. The number of rotatable bonds is 24. The summed E-state index contributed by atoms with van der Waals surface area (Å²) in [7, 11) is 0. The molecule has 0 saturated heterocycles. The Morgan fingerprint density at radius 2 is 1.27 bits per heavy atom. The lowest BCUT2D eigenvalue weighted by Crippen LogP contribution is -2.28. The van der Waals surface area contributed by atoms with Crippen molar-refractivity contribution in [3.63, 3.8) is 0 Å². The van der Waals surface area contributed by atoms with Crippen LogP contribution in [-0.4, -0.2) is 47.6 Å². The summed E-state index contributed by atoms with van der Waals surface area (Å²) in [6, 6.07) is 0. The molecule has 0 aliphatic heterocycles. The molecule has 6 heteroatoms. The summed E-state index contributed by atoms with van der Waals surface area (Å²) in [6.45, 7) is 3.51. The third kappa shape index (κ3) is 26.7. The van der Waals surface area contributed by atoms with Crippen LogP contribution in [0, 0.1) is 0 Å². The van der Waals surface area contributed by atoms with Crippen molar-refractivity contribution in [3.05, 3.63) is 48.6 Å². The van der Waals surface area contributed by atoms with Gasteiger partial charge >= 0.3 is 11.9 Å². The van der Waals surface area contributed by atoms with E-state index in [2.05, 4.69) is 55.5 Å². The summed E-state index contributed by atoms with van der Waals surface area (Å²) in [5.41, 5.74) is 0. The van der Waals surface area contributed by atoms with Gasteiger partial charge in [-0.1, -0.05) is 81.2 Å². The summed E-state index contributed by atoms with van der Waals surface area (Å²) < 4.78 is 10.4. The van der Waals surface area contributed by atoms with Crippen molar-refractivity contribution in [1.82, 2.24) is 0 Å². The number of unbranched alkanes of at least 4 members (excludes halogenated alkanes) is 6. The van der Waals surface area contributed by atoms with Crippen molar-refractivity contribution >= 4 is 11.9 Å². The number of allylic oxidation sites excluding steroid dienone is 8. The average Bonchev–Trinajstić information content (AvgIpc) is 2.88. The van der Waals surface area contributed by atoms with E-state index in [0.29, 0.717) is 19.3 Å². The zero-order valence-electron chi connectivity index (χ0n) is 23.3. The van der Waals surface area contributed by atoms with Crippen LogP contribution in [0.5, 0.6) is 0 Å². The van der Waals surface area contributed by atoms with E-state index >= 15 is 0 Å². The SMILES string of the molecule is CCCCCCCC(=O)O[C@@H](CO)COC(=O)CCC/C=C\C/C=C\C/C=C\C/C=C\CCC[C@@H](C)O. The maximum Gasteiger partial charge on any atom is 0.306 e. The first-order valence-corrected chi connectivity index (χ1v) is 14.2. The molecule has 0 aliphatic rings. The van der Waals surface area contributed by atoms with Gasteiger partial charge in [-0.05, 0) is 64.7 Å². The van der Waals surface area contributed by atoms with Crippen LogP contribution in [0.15, 0.2) is 48.6 Å². The number of hydrogen-bond donors (Lipinski definition) is 2. The summed E-state index contributed by atoms with van der Waals surface area (Å²) in [5.74, 6) is -0.696. The second-order valence-electron chi connectivity index (χ2n) is 9.41. The molecule has 2 N–H and O–H groups in total. The van der Waals surface area contributed by atoms with Crippen LogP contribution in [0.4, 0.5) is 0 Å². The first kappa shape index (κ1) is 34.8. The second kappa shape index (κ2) is 26.9. The number of aliphatic hydroxyl groups is 2. The Morgan fingerprint density at radius 1 is 0.730 bits per heavy atom. The van der Waals surface area contributed by atoms with Crippen molar-refractivity contribution in [2.45, 2.75) is 122 Å². The zero-order valence-corrected chi connectivity index (χ0v) is 23.3. The molecule has 0 spiro atoms. The van der Waals surface area contributed by atoms with Crippen LogP contribution < -0.4 is 0 Å². The molecule has 212 valence electrons. The molecule has 0 bridgehead atoms. The molecule has 0 aromatic heterocycles. The predicted molar refractivity (Wildman–Crippen MR) is 151 cm³/mol. The molecule has 0 unspecified atom stereocenters. The minimum absolute atomic E-state index is 0.105. The lowest BCUT2D eigenvalue weighted by Gasteiger charge is -2.15. The number of ether oxygens (including phenoxy) is 2. The van der Waals surface area contributed by atoms with E-state index in [4.69, 9.17) is 9.47 Å². The van der Waals surface area contributed by atoms with Crippen LogP contribution >= 0.6 is 0 Å². The van der Waals surface area contributed by atoms with Crippen LogP contribution in [0.2, 0.25) is 0 Å². The Hall–Kier alpha value is -2.18. The average molecular weight is 521 g/mol. The maximum atomic E-state index is 11.9. The van der Waals surface area contributed by atoms with E-state index in [0.717, 1.165) is 70.6 Å². The summed E-state index contributed by atoms with van der Waals surface area (Å²) in [5, 5.41) is 18.6. The van der Waals surface area contributed by atoms with Gasteiger partial charge in [0.1, 0.15) is 6.61 Å². The highest BCUT2D eigenvalue weighted by Crippen LogP contribution is 2.08. The fourth-order valence-corrected chi connectivity index (χ4v) is 3.44. The lowest BCUT2D eigenvalue weighted by molar-refractivity contribution is -0.161. The van der Waals surface area contributed by atoms with E-state index in [1.54, 1.807) is 0 Å². The molecular weight excluding hydrogens is 468 g/mol. The van der Waals surface area contributed by atoms with Gasteiger partial charge in [-0.2, -0.15) is 0 Å². The number of esters is 2. The van der Waals surface area contributed by atoms with Crippen LogP contribution in [-0.2, 0) is 19.1 Å². The third-order valence-corrected chi connectivity index (χ3v) is 5.64.